The molecule has 0 bridgehead atoms. The van der Waals surface area contributed by atoms with Crippen molar-refractivity contribution < 1.29 is 4.74 Å². The Labute approximate surface area is 150 Å². The Hall–Kier alpha value is -2.22. The number of para-hydroxylation sites is 1. The fraction of sp³-hybridized carbons (Fsp3) is 0.391. The highest BCUT2D eigenvalue weighted by Gasteiger charge is 2.39. The highest BCUT2D eigenvalue weighted by molar-refractivity contribution is 5.68. The Balaban J connectivity index is 1.73. The maximum atomic E-state index is 6.12. The summed E-state index contributed by atoms with van der Waals surface area (Å²) in [5.74, 6) is 2.07. The average Bonchev–Trinajstić information content (AvgIpc) is 3.12. The van der Waals surface area contributed by atoms with Crippen molar-refractivity contribution in [3.05, 3.63) is 71.3 Å². The van der Waals surface area contributed by atoms with E-state index in [1.165, 1.54) is 22.4 Å². The Morgan fingerprint density at radius 1 is 1.08 bits per heavy atom. The number of unbranched alkanes of at least 4 members (excludes halogenated alkanes) is 1. The number of fused-ring (bicyclic) bond motifs is 3. The van der Waals surface area contributed by atoms with Gasteiger partial charge in [0.2, 0.25) is 0 Å². The number of nitrogens with one attached hydrogen (secondary N) is 1. The summed E-state index contributed by atoms with van der Waals surface area (Å²) in [6, 6.07) is 15.6. The Morgan fingerprint density at radius 2 is 1.92 bits per heavy atom. The van der Waals surface area contributed by atoms with Gasteiger partial charge in [0, 0.05) is 5.92 Å². The van der Waals surface area contributed by atoms with Gasteiger partial charge in [0.05, 0.1) is 18.3 Å². The molecule has 3 unspecified atom stereocenters. The largest absolute Gasteiger partial charge is 0.491 e. The van der Waals surface area contributed by atoms with E-state index in [4.69, 9.17) is 4.74 Å². The Bertz CT molecular complexity index is 779. The topological polar surface area (TPSA) is 21.3 Å². The van der Waals surface area contributed by atoms with Crippen LogP contribution in [0.25, 0.3) is 0 Å². The van der Waals surface area contributed by atoms with E-state index in [0.717, 1.165) is 31.6 Å². The summed E-state index contributed by atoms with van der Waals surface area (Å²) < 4.78 is 6.12. The third kappa shape index (κ3) is 2.95. The predicted molar refractivity (Wildman–Crippen MR) is 104 cm³/mol. The number of benzene rings is 2. The van der Waals surface area contributed by atoms with Crippen molar-refractivity contribution in [3.63, 3.8) is 0 Å². The molecule has 3 atom stereocenters. The van der Waals surface area contributed by atoms with Crippen LogP contribution in [0.3, 0.4) is 0 Å². The van der Waals surface area contributed by atoms with Crippen LogP contribution in [0.15, 0.2) is 54.6 Å². The van der Waals surface area contributed by atoms with Gasteiger partial charge in [-0.05, 0) is 48.4 Å². The molecule has 1 aliphatic heterocycles. The highest BCUT2D eigenvalue weighted by Crippen LogP contribution is 2.52. The number of ether oxygens (including phenoxy) is 1. The van der Waals surface area contributed by atoms with E-state index in [1.807, 2.05) is 0 Å². The monoisotopic (exact) mass is 333 g/mol. The van der Waals surface area contributed by atoms with Gasteiger partial charge >= 0.3 is 0 Å². The molecule has 2 heteroatoms. The summed E-state index contributed by atoms with van der Waals surface area (Å²) in [4.78, 5) is 0. The zero-order valence-electron chi connectivity index (χ0n) is 15.2. The molecule has 0 saturated heterocycles. The lowest BCUT2D eigenvalue weighted by atomic mass is 9.76. The van der Waals surface area contributed by atoms with Crippen LogP contribution >= 0.6 is 0 Å². The molecule has 1 heterocycles. The van der Waals surface area contributed by atoms with Crippen LogP contribution in [0.4, 0.5) is 5.69 Å². The fourth-order valence-corrected chi connectivity index (χ4v) is 4.28. The molecule has 0 spiro atoms. The minimum atomic E-state index is 0.338. The minimum absolute atomic E-state index is 0.338. The van der Waals surface area contributed by atoms with Crippen LogP contribution in [-0.4, -0.2) is 6.61 Å². The lowest BCUT2D eigenvalue weighted by molar-refractivity contribution is 0.307. The average molecular weight is 333 g/mol. The third-order valence-corrected chi connectivity index (χ3v) is 5.64. The molecule has 1 aliphatic carbocycles. The molecule has 2 nitrogen and oxygen atoms in total. The van der Waals surface area contributed by atoms with Crippen LogP contribution < -0.4 is 10.1 Å². The zero-order chi connectivity index (χ0) is 17.2. The minimum Gasteiger partial charge on any atom is -0.491 e. The first-order valence-electron chi connectivity index (χ1n) is 9.54. The first-order chi connectivity index (χ1) is 12.3. The maximum Gasteiger partial charge on any atom is 0.142 e. The van der Waals surface area contributed by atoms with E-state index < -0.39 is 0 Å². The van der Waals surface area contributed by atoms with E-state index in [0.29, 0.717) is 17.9 Å². The Kier molecular flexibility index (Phi) is 4.52. The van der Waals surface area contributed by atoms with Gasteiger partial charge in [0.1, 0.15) is 5.75 Å². The second-order valence-corrected chi connectivity index (χ2v) is 7.25. The molecular weight excluding hydrogens is 306 g/mol. The molecular formula is C23H27NO. The van der Waals surface area contributed by atoms with Crippen molar-refractivity contribution in [2.45, 2.75) is 45.1 Å². The number of anilines is 1. The molecule has 25 heavy (non-hydrogen) atoms. The summed E-state index contributed by atoms with van der Waals surface area (Å²) in [5, 5.41) is 3.86. The van der Waals surface area contributed by atoms with E-state index >= 15 is 0 Å². The van der Waals surface area contributed by atoms with Gasteiger partial charge in [0.25, 0.3) is 0 Å². The van der Waals surface area contributed by atoms with Crippen LogP contribution in [0, 0.1) is 12.8 Å². The third-order valence-electron chi connectivity index (χ3n) is 5.64. The lowest BCUT2D eigenvalue weighted by Gasteiger charge is -2.38. The van der Waals surface area contributed by atoms with Crippen molar-refractivity contribution in [2.24, 2.45) is 5.92 Å². The smallest absolute Gasteiger partial charge is 0.142 e. The van der Waals surface area contributed by atoms with Crippen molar-refractivity contribution in [1.29, 1.82) is 0 Å². The number of hydrogen-bond donors (Lipinski definition) is 1. The summed E-state index contributed by atoms with van der Waals surface area (Å²) in [7, 11) is 0. The van der Waals surface area contributed by atoms with Gasteiger partial charge in [0.15, 0.2) is 0 Å². The van der Waals surface area contributed by atoms with Crippen LogP contribution in [0.1, 0.15) is 54.8 Å². The number of aryl methyl sites for hydroxylation is 1. The molecule has 1 N–H and O–H groups in total. The predicted octanol–water partition coefficient (Wildman–Crippen LogP) is 6.00. The normalized spacial score (nSPS) is 23.7. The van der Waals surface area contributed by atoms with Gasteiger partial charge in [-0.25, -0.2) is 0 Å². The zero-order valence-corrected chi connectivity index (χ0v) is 15.2. The van der Waals surface area contributed by atoms with Crippen LogP contribution in [0.2, 0.25) is 0 Å². The summed E-state index contributed by atoms with van der Waals surface area (Å²) >= 11 is 0. The van der Waals surface area contributed by atoms with Crippen molar-refractivity contribution in [1.82, 2.24) is 0 Å². The first-order valence-corrected chi connectivity index (χ1v) is 9.54. The Morgan fingerprint density at radius 3 is 2.76 bits per heavy atom. The number of hydrogen-bond acceptors (Lipinski definition) is 2. The molecule has 0 fully saturated rings. The summed E-state index contributed by atoms with van der Waals surface area (Å²) in [6.07, 6.45) is 8.13. The van der Waals surface area contributed by atoms with Crippen molar-refractivity contribution >= 4 is 5.69 Å². The SMILES string of the molecule is CCCCOc1cccc2c1NC(c1ccccc1C)C1CC=CC21. The molecule has 0 saturated carbocycles. The van der Waals surface area contributed by atoms with Crippen LogP contribution in [-0.2, 0) is 0 Å². The molecule has 0 radical (unpaired) electrons. The molecule has 4 rings (SSSR count). The van der Waals surface area contributed by atoms with E-state index in [2.05, 4.69) is 73.8 Å². The van der Waals surface area contributed by atoms with E-state index in [-0.39, 0.29) is 0 Å². The molecule has 2 aliphatic rings. The fourth-order valence-electron chi connectivity index (χ4n) is 4.28. The number of allylic oxidation sites excluding steroid dienone is 2. The second-order valence-electron chi connectivity index (χ2n) is 7.25. The summed E-state index contributed by atoms with van der Waals surface area (Å²) in [6.45, 7) is 5.20. The molecule has 130 valence electrons. The lowest BCUT2D eigenvalue weighted by Crippen LogP contribution is -2.30. The molecule has 2 aromatic carbocycles. The van der Waals surface area contributed by atoms with Crippen LogP contribution in [0.5, 0.6) is 5.75 Å². The van der Waals surface area contributed by atoms with Crippen molar-refractivity contribution in [3.8, 4) is 5.75 Å². The van der Waals surface area contributed by atoms with Gasteiger partial charge in [-0.1, -0.05) is 61.9 Å². The maximum absolute atomic E-state index is 6.12. The van der Waals surface area contributed by atoms with Gasteiger partial charge < -0.3 is 10.1 Å². The summed E-state index contributed by atoms with van der Waals surface area (Å²) in [5.41, 5.74) is 5.35. The van der Waals surface area contributed by atoms with Gasteiger partial charge in [-0.3, -0.25) is 0 Å². The second kappa shape index (κ2) is 6.95. The molecule has 2 aromatic rings. The van der Waals surface area contributed by atoms with Gasteiger partial charge in [-0.2, -0.15) is 0 Å². The first kappa shape index (κ1) is 16.3. The van der Waals surface area contributed by atoms with Crippen molar-refractivity contribution in [2.75, 3.05) is 11.9 Å². The standard InChI is InChI=1S/C23H27NO/c1-3-4-15-25-21-14-8-13-20-18-11-7-12-19(18)22(24-23(20)21)17-10-6-5-9-16(17)2/h5-11,13-14,18-19,22,24H,3-4,12,15H2,1-2H3. The molecule has 0 amide bonds. The number of rotatable bonds is 5. The molecule has 0 aromatic heterocycles. The van der Waals surface area contributed by atoms with E-state index in [1.54, 1.807) is 0 Å². The van der Waals surface area contributed by atoms with Gasteiger partial charge in [-0.15, -0.1) is 0 Å². The van der Waals surface area contributed by atoms with E-state index in [9.17, 15) is 0 Å². The quantitative estimate of drug-likeness (QED) is 0.535. The highest BCUT2D eigenvalue weighted by atomic mass is 16.5.